The van der Waals surface area contributed by atoms with Gasteiger partial charge in [-0.2, -0.15) is 4.37 Å². The Morgan fingerprint density at radius 2 is 2.38 bits per heavy atom. The molecular formula is C10H13NOS. The normalized spacial score (nSPS) is 24.3. The summed E-state index contributed by atoms with van der Waals surface area (Å²) in [6, 6.07) is 2.05. The maximum absolute atomic E-state index is 11.4. The topological polar surface area (TPSA) is 30.0 Å². The lowest BCUT2D eigenvalue weighted by Crippen LogP contribution is -2.03. The van der Waals surface area contributed by atoms with Gasteiger partial charge in [0.25, 0.3) is 0 Å². The number of rotatable bonds is 1. The van der Waals surface area contributed by atoms with E-state index in [1.807, 2.05) is 11.4 Å². The number of aromatic nitrogens is 1. The molecule has 1 aliphatic carbocycles. The van der Waals surface area contributed by atoms with Crippen molar-refractivity contribution < 1.29 is 4.79 Å². The van der Waals surface area contributed by atoms with Crippen LogP contribution in [0.25, 0.3) is 0 Å². The molecule has 0 N–H and O–H groups in total. The van der Waals surface area contributed by atoms with Gasteiger partial charge in [-0.05, 0) is 30.4 Å². The van der Waals surface area contributed by atoms with E-state index >= 15 is 0 Å². The summed E-state index contributed by atoms with van der Waals surface area (Å²) in [5.41, 5.74) is 1.13. The Balaban J connectivity index is 2.09. The van der Waals surface area contributed by atoms with Crippen LogP contribution in [-0.4, -0.2) is 10.2 Å². The molecule has 70 valence electrons. The highest BCUT2D eigenvalue weighted by Crippen LogP contribution is 2.29. The van der Waals surface area contributed by atoms with Gasteiger partial charge >= 0.3 is 0 Å². The van der Waals surface area contributed by atoms with E-state index in [1.54, 1.807) is 0 Å². The van der Waals surface area contributed by atoms with E-state index in [-0.39, 0.29) is 0 Å². The maximum Gasteiger partial charge on any atom is 0.133 e. The fourth-order valence-electron chi connectivity index (χ4n) is 1.88. The quantitative estimate of drug-likeness (QED) is 0.645. The zero-order valence-corrected chi connectivity index (χ0v) is 8.35. The van der Waals surface area contributed by atoms with Crippen molar-refractivity contribution in [2.75, 3.05) is 0 Å². The number of carbonyl (C=O) groups is 1. The molecule has 0 bridgehead atoms. The first kappa shape index (κ1) is 8.88. The van der Waals surface area contributed by atoms with Crippen LogP contribution in [0.5, 0.6) is 0 Å². The summed E-state index contributed by atoms with van der Waals surface area (Å²) < 4.78 is 4.31. The monoisotopic (exact) mass is 195 g/mol. The van der Waals surface area contributed by atoms with Gasteiger partial charge in [0.15, 0.2) is 0 Å². The number of hydrogen-bond acceptors (Lipinski definition) is 3. The lowest BCUT2D eigenvalue weighted by molar-refractivity contribution is -0.119. The average molecular weight is 195 g/mol. The predicted octanol–water partition coefficient (Wildman–Crippen LogP) is 2.76. The molecule has 1 atom stereocenters. The van der Waals surface area contributed by atoms with E-state index < -0.39 is 0 Å². The second kappa shape index (κ2) is 4.01. The van der Waals surface area contributed by atoms with Gasteiger partial charge in [0.2, 0.25) is 0 Å². The van der Waals surface area contributed by atoms with Gasteiger partial charge in [-0.15, -0.1) is 0 Å². The Kier molecular flexibility index (Phi) is 2.74. The zero-order chi connectivity index (χ0) is 9.10. The van der Waals surface area contributed by atoms with Crippen LogP contribution >= 0.6 is 11.5 Å². The van der Waals surface area contributed by atoms with Crippen molar-refractivity contribution in [3.05, 3.63) is 17.1 Å². The molecule has 1 aliphatic rings. The van der Waals surface area contributed by atoms with E-state index in [9.17, 15) is 4.79 Å². The smallest absolute Gasteiger partial charge is 0.133 e. The van der Waals surface area contributed by atoms with Gasteiger partial charge < -0.3 is 0 Å². The molecule has 0 amide bonds. The van der Waals surface area contributed by atoms with Gasteiger partial charge in [-0.1, -0.05) is 6.42 Å². The number of hydrogen-bond donors (Lipinski definition) is 0. The van der Waals surface area contributed by atoms with Crippen molar-refractivity contribution in [2.45, 2.75) is 38.0 Å². The van der Waals surface area contributed by atoms with Crippen LogP contribution in [0.15, 0.2) is 11.4 Å². The Morgan fingerprint density at radius 1 is 1.46 bits per heavy atom. The summed E-state index contributed by atoms with van der Waals surface area (Å²) in [5.74, 6) is 0.816. The average Bonchev–Trinajstić information content (AvgIpc) is 2.56. The fraction of sp³-hybridized carbons (Fsp3) is 0.600. The molecule has 0 aromatic carbocycles. The summed E-state index contributed by atoms with van der Waals surface area (Å²) in [7, 11) is 0. The highest BCUT2D eigenvalue weighted by Gasteiger charge is 2.20. The third-order valence-electron chi connectivity index (χ3n) is 2.61. The molecule has 0 saturated heterocycles. The van der Waals surface area contributed by atoms with Crippen molar-refractivity contribution >= 4 is 17.3 Å². The van der Waals surface area contributed by atoms with Crippen LogP contribution in [0.4, 0.5) is 0 Å². The molecular weight excluding hydrogens is 182 g/mol. The lowest BCUT2D eigenvalue weighted by atomic mass is 9.96. The highest BCUT2D eigenvalue weighted by atomic mass is 32.1. The molecule has 1 saturated carbocycles. The van der Waals surface area contributed by atoms with Gasteiger partial charge in [0, 0.05) is 24.1 Å². The largest absolute Gasteiger partial charge is 0.300 e. The summed E-state index contributed by atoms with van der Waals surface area (Å²) in [6.07, 6.45) is 4.87. The molecule has 2 nitrogen and oxygen atoms in total. The Labute approximate surface area is 82.1 Å². The molecule has 1 unspecified atom stereocenters. The number of ketones is 1. The first-order chi connectivity index (χ1) is 6.36. The predicted molar refractivity (Wildman–Crippen MR) is 52.9 cm³/mol. The van der Waals surface area contributed by atoms with Crippen molar-refractivity contribution in [3.63, 3.8) is 0 Å². The maximum atomic E-state index is 11.4. The first-order valence-electron chi connectivity index (χ1n) is 4.78. The molecule has 1 aromatic rings. The Hall–Kier alpha value is -0.700. The molecule has 1 heterocycles. The molecule has 1 fully saturated rings. The fourth-order valence-corrected chi connectivity index (χ4v) is 2.47. The van der Waals surface area contributed by atoms with Gasteiger partial charge in [0.05, 0.1) is 5.69 Å². The van der Waals surface area contributed by atoms with Crippen molar-refractivity contribution in [1.82, 2.24) is 4.37 Å². The summed E-state index contributed by atoms with van der Waals surface area (Å²) >= 11 is 1.48. The molecule has 2 rings (SSSR count). The lowest BCUT2D eigenvalue weighted by Gasteiger charge is -2.08. The minimum absolute atomic E-state index is 0.404. The van der Waals surface area contributed by atoms with Crippen LogP contribution in [-0.2, 0) is 4.79 Å². The molecule has 13 heavy (non-hydrogen) atoms. The highest BCUT2D eigenvalue weighted by molar-refractivity contribution is 7.03. The minimum atomic E-state index is 0.404. The molecule has 0 aliphatic heterocycles. The van der Waals surface area contributed by atoms with Crippen LogP contribution in [0, 0.1) is 0 Å². The van der Waals surface area contributed by atoms with Crippen molar-refractivity contribution in [2.24, 2.45) is 0 Å². The zero-order valence-electron chi connectivity index (χ0n) is 7.53. The van der Waals surface area contributed by atoms with Crippen LogP contribution in [0.1, 0.15) is 43.7 Å². The van der Waals surface area contributed by atoms with E-state index in [2.05, 4.69) is 4.37 Å². The third kappa shape index (κ3) is 2.15. The second-order valence-electron chi connectivity index (χ2n) is 3.61. The summed E-state index contributed by atoms with van der Waals surface area (Å²) in [6.45, 7) is 0. The Bertz CT molecular complexity index is 281. The Morgan fingerprint density at radius 3 is 3.15 bits per heavy atom. The molecule has 1 aromatic heterocycles. The van der Waals surface area contributed by atoms with Gasteiger partial charge in [0.1, 0.15) is 5.78 Å². The number of Topliss-reactive ketones (excluding diaryl/α,β-unsaturated/α-hetero) is 1. The third-order valence-corrected chi connectivity index (χ3v) is 3.18. The molecule has 3 heteroatoms. The SMILES string of the molecule is O=C1CCCCC(c2ccsn2)C1. The van der Waals surface area contributed by atoms with E-state index in [4.69, 9.17) is 0 Å². The minimum Gasteiger partial charge on any atom is -0.300 e. The van der Waals surface area contributed by atoms with Crippen molar-refractivity contribution in [1.29, 1.82) is 0 Å². The van der Waals surface area contributed by atoms with Crippen molar-refractivity contribution in [3.8, 4) is 0 Å². The van der Waals surface area contributed by atoms with Crippen LogP contribution in [0.2, 0.25) is 0 Å². The van der Waals surface area contributed by atoms with E-state index in [0.717, 1.165) is 25.0 Å². The van der Waals surface area contributed by atoms with E-state index in [0.29, 0.717) is 18.1 Å². The van der Waals surface area contributed by atoms with E-state index in [1.165, 1.54) is 18.0 Å². The number of nitrogens with zero attached hydrogens (tertiary/aromatic N) is 1. The standard InChI is InChI=1S/C10H13NOS/c12-9-4-2-1-3-8(7-9)10-5-6-13-11-10/h5-6,8H,1-4,7H2. The van der Waals surface area contributed by atoms with Gasteiger partial charge in [-0.3, -0.25) is 4.79 Å². The summed E-state index contributed by atoms with van der Waals surface area (Å²) in [5, 5.41) is 1.99. The van der Waals surface area contributed by atoms with Crippen LogP contribution < -0.4 is 0 Å². The summed E-state index contributed by atoms with van der Waals surface area (Å²) in [4.78, 5) is 11.4. The van der Waals surface area contributed by atoms with Gasteiger partial charge in [-0.25, -0.2) is 0 Å². The molecule has 0 spiro atoms. The molecule has 0 radical (unpaired) electrons. The second-order valence-corrected chi connectivity index (χ2v) is 4.28. The van der Waals surface area contributed by atoms with Crippen LogP contribution in [0.3, 0.4) is 0 Å². The number of carbonyl (C=O) groups excluding carboxylic acids is 1. The first-order valence-corrected chi connectivity index (χ1v) is 5.62.